The second kappa shape index (κ2) is 5.95. The largest absolute Gasteiger partial charge is 0.328 e. The van der Waals surface area contributed by atoms with Gasteiger partial charge in [-0.2, -0.15) is 0 Å². The van der Waals surface area contributed by atoms with E-state index in [1.54, 1.807) is 0 Å². The SMILES string of the molecule is O=C(c1cccs1)N1CCNCC1c1ccccc1Cl. The van der Waals surface area contributed by atoms with Crippen molar-refractivity contribution in [1.29, 1.82) is 0 Å². The van der Waals surface area contributed by atoms with Gasteiger partial charge in [0.1, 0.15) is 0 Å². The van der Waals surface area contributed by atoms with Crippen LogP contribution in [0.1, 0.15) is 21.3 Å². The Labute approximate surface area is 127 Å². The molecule has 1 unspecified atom stereocenters. The highest BCUT2D eigenvalue weighted by atomic mass is 35.5. The van der Waals surface area contributed by atoms with Gasteiger partial charge >= 0.3 is 0 Å². The van der Waals surface area contributed by atoms with E-state index in [0.29, 0.717) is 11.6 Å². The minimum absolute atomic E-state index is 0.00736. The molecule has 20 heavy (non-hydrogen) atoms. The Hall–Kier alpha value is -1.36. The second-order valence-corrected chi connectivity index (χ2v) is 6.07. The number of thiophene rings is 1. The van der Waals surface area contributed by atoms with Crippen LogP contribution in [0.2, 0.25) is 5.02 Å². The molecule has 1 aliphatic rings. The molecule has 0 spiro atoms. The Morgan fingerprint density at radius 3 is 2.90 bits per heavy atom. The van der Waals surface area contributed by atoms with Crippen molar-refractivity contribution in [2.45, 2.75) is 6.04 Å². The van der Waals surface area contributed by atoms with Crippen molar-refractivity contribution < 1.29 is 4.79 Å². The van der Waals surface area contributed by atoms with Gasteiger partial charge in [-0.25, -0.2) is 0 Å². The Morgan fingerprint density at radius 2 is 2.15 bits per heavy atom. The molecular weight excluding hydrogens is 292 g/mol. The average Bonchev–Trinajstić information content (AvgIpc) is 3.01. The van der Waals surface area contributed by atoms with Gasteiger partial charge in [-0.3, -0.25) is 4.79 Å². The van der Waals surface area contributed by atoms with Gasteiger partial charge in [0.15, 0.2) is 0 Å². The fourth-order valence-corrected chi connectivity index (χ4v) is 3.45. The molecule has 1 aromatic heterocycles. The molecule has 3 nitrogen and oxygen atoms in total. The molecule has 0 bridgehead atoms. The topological polar surface area (TPSA) is 32.3 Å². The van der Waals surface area contributed by atoms with E-state index in [1.807, 2.05) is 46.7 Å². The normalized spacial score (nSPS) is 19.1. The van der Waals surface area contributed by atoms with Crippen LogP contribution in [0.25, 0.3) is 0 Å². The molecule has 104 valence electrons. The van der Waals surface area contributed by atoms with Crippen LogP contribution in [0.15, 0.2) is 41.8 Å². The minimum Gasteiger partial charge on any atom is -0.328 e. The van der Waals surface area contributed by atoms with E-state index < -0.39 is 0 Å². The summed E-state index contributed by atoms with van der Waals surface area (Å²) in [6.45, 7) is 2.26. The number of nitrogens with zero attached hydrogens (tertiary/aromatic N) is 1. The fourth-order valence-electron chi connectivity index (χ4n) is 2.51. The maximum absolute atomic E-state index is 12.6. The van der Waals surface area contributed by atoms with Crippen molar-refractivity contribution in [3.63, 3.8) is 0 Å². The summed E-state index contributed by atoms with van der Waals surface area (Å²) in [6, 6.07) is 11.5. The average molecular weight is 307 g/mol. The van der Waals surface area contributed by atoms with Gasteiger partial charge < -0.3 is 10.2 Å². The standard InChI is InChI=1S/C15H15ClN2OS/c16-12-5-2-1-4-11(12)13-10-17-7-8-18(13)15(19)14-6-3-9-20-14/h1-6,9,13,17H,7-8,10H2. The predicted molar refractivity (Wildman–Crippen MR) is 82.4 cm³/mol. The highest BCUT2D eigenvalue weighted by Crippen LogP contribution is 2.30. The summed E-state index contributed by atoms with van der Waals surface area (Å²) in [5.41, 5.74) is 1.01. The molecule has 1 atom stereocenters. The molecule has 1 aromatic carbocycles. The van der Waals surface area contributed by atoms with E-state index in [9.17, 15) is 4.79 Å². The quantitative estimate of drug-likeness (QED) is 0.924. The molecule has 1 saturated heterocycles. The number of halogens is 1. The zero-order chi connectivity index (χ0) is 13.9. The summed E-state index contributed by atoms with van der Waals surface area (Å²) in [4.78, 5) is 15.3. The lowest BCUT2D eigenvalue weighted by Crippen LogP contribution is -2.48. The highest BCUT2D eigenvalue weighted by molar-refractivity contribution is 7.12. The number of amides is 1. The smallest absolute Gasteiger partial charge is 0.264 e. The molecule has 1 amide bonds. The zero-order valence-corrected chi connectivity index (χ0v) is 12.5. The van der Waals surface area contributed by atoms with Crippen molar-refractivity contribution in [3.8, 4) is 0 Å². The summed E-state index contributed by atoms with van der Waals surface area (Å²) in [6.07, 6.45) is 0. The van der Waals surface area contributed by atoms with Crippen LogP contribution in [-0.4, -0.2) is 30.4 Å². The number of hydrogen-bond acceptors (Lipinski definition) is 3. The molecule has 0 saturated carbocycles. The van der Waals surface area contributed by atoms with Gasteiger partial charge in [0, 0.05) is 24.7 Å². The van der Waals surface area contributed by atoms with Gasteiger partial charge in [-0.15, -0.1) is 11.3 Å². The molecule has 1 N–H and O–H groups in total. The number of nitrogens with one attached hydrogen (secondary N) is 1. The van der Waals surface area contributed by atoms with Gasteiger partial charge in [0.25, 0.3) is 5.91 Å². The third-order valence-electron chi connectivity index (χ3n) is 3.50. The van der Waals surface area contributed by atoms with E-state index in [-0.39, 0.29) is 11.9 Å². The monoisotopic (exact) mass is 306 g/mol. The molecular formula is C15H15ClN2OS. The second-order valence-electron chi connectivity index (χ2n) is 4.72. The van der Waals surface area contributed by atoms with Crippen LogP contribution in [-0.2, 0) is 0 Å². The van der Waals surface area contributed by atoms with E-state index in [2.05, 4.69) is 5.32 Å². The molecule has 1 aliphatic heterocycles. The van der Waals surface area contributed by atoms with E-state index in [4.69, 9.17) is 11.6 Å². The number of hydrogen-bond donors (Lipinski definition) is 1. The van der Waals surface area contributed by atoms with Gasteiger partial charge in [0.2, 0.25) is 0 Å². The lowest BCUT2D eigenvalue weighted by molar-refractivity contribution is 0.0639. The lowest BCUT2D eigenvalue weighted by Gasteiger charge is -2.36. The molecule has 2 aromatic rings. The molecule has 0 aliphatic carbocycles. The van der Waals surface area contributed by atoms with Gasteiger partial charge in [-0.05, 0) is 23.1 Å². The highest BCUT2D eigenvalue weighted by Gasteiger charge is 2.30. The van der Waals surface area contributed by atoms with Crippen LogP contribution < -0.4 is 5.32 Å². The summed E-state index contributed by atoms with van der Waals surface area (Å²) in [5, 5.41) is 5.99. The van der Waals surface area contributed by atoms with Crippen LogP contribution in [0, 0.1) is 0 Å². The van der Waals surface area contributed by atoms with Crippen LogP contribution in [0.4, 0.5) is 0 Å². The number of carbonyl (C=O) groups is 1. The van der Waals surface area contributed by atoms with Gasteiger partial charge in [-0.1, -0.05) is 35.9 Å². The summed E-state index contributed by atoms with van der Waals surface area (Å²) < 4.78 is 0. The summed E-state index contributed by atoms with van der Waals surface area (Å²) in [5.74, 6) is 0.0893. The van der Waals surface area contributed by atoms with E-state index >= 15 is 0 Å². The first-order valence-electron chi connectivity index (χ1n) is 6.57. The summed E-state index contributed by atoms with van der Waals surface area (Å²) in [7, 11) is 0. The van der Waals surface area contributed by atoms with Crippen molar-refractivity contribution in [1.82, 2.24) is 10.2 Å². The fraction of sp³-hybridized carbons (Fsp3) is 0.267. The maximum Gasteiger partial charge on any atom is 0.264 e. The Bertz CT molecular complexity index is 600. The number of piperazine rings is 1. The van der Waals surface area contributed by atoms with E-state index in [0.717, 1.165) is 23.5 Å². The van der Waals surface area contributed by atoms with Crippen LogP contribution >= 0.6 is 22.9 Å². The van der Waals surface area contributed by atoms with Crippen molar-refractivity contribution in [2.75, 3.05) is 19.6 Å². The third kappa shape index (κ3) is 2.59. The molecule has 0 radical (unpaired) electrons. The number of rotatable bonds is 2. The first kappa shape index (κ1) is 13.6. The maximum atomic E-state index is 12.6. The van der Waals surface area contributed by atoms with Crippen LogP contribution in [0.3, 0.4) is 0 Å². The molecule has 2 heterocycles. The molecule has 1 fully saturated rings. The first-order chi connectivity index (χ1) is 9.77. The predicted octanol–water partition coefficient (Wildman–Crippen LogP) is 3.19. The number of carbonyl (C=O) groups excluding carboxylic acids is 1. The van der Waals surface area contributed by atoms with Crippen molar-refractivity contribution >= 4 is 28.8 Å². The van der Waals surface area contributed by atoms with E-state index in [1.165, 1.54) is 11.3 Å². The minimum atomic E-state index is -0.00736. The summed E-state index contributed by atoms with van der Waals surface area (Å²) >= 11 is 7.77. The Morgan fingerprint density at radius 1 is 1.30 bits per heavy atom. The molecule has 5 heteroatoms. The van der Waals surface area contributed by atoms with Crippen LogP contribution in [0.5, 0.6) is 0 Å². The third-order valence-corrected chi connectivity index (χ3v) is 4.70. The van der Waals surface area contributed by atoms with Gasteiger partial charge in [0.05, 0.1) is 10.9 Å². The molecule has 3 rings (SSSR count). The van der Waals surface area contributed by atoms with Crippen molar-refractivity contribution in [2.24, 2.45) is 0 Å². The number of benzene rings is 1. The Balaban J connectivity index is 1.92. The zero-order valence-electron chi connectivity index (χ0n) is 10.9. The lowest BCUT2D eigenvalue weighted by atomic mass is 10.0. The van der Waals surface area contributed by atoms with Crippen molar-refractivity contribution in [3.05, 3.63) is 57.2 Å². The first-order valence-corrected chi connectivity index (χ1v) is 7.83. The Kier molecular flexibility index (Phi) is 4.05.